The Kier molecular flexibility index (Phi) is 6.43. The molecular weight excluding hydrogens is 523 g/mol. The number of rotatable bonds is 5. The van der Waals surface area contributed by atoms with Crippen LogP contribution in [0.1, 0.15) is 22.5 Å². The second-order valence-electron chi connectivity index (χ2n) is 8.59. The third-order valence-electron chi connectivity index (χ3n) is 6.02. The minimum absolute atomic E-state index is 0.0815. The van der Waals surface area contributed by atoms with E-state index in [1.165, 1.54) is 12.1 Å². The van der Waals surface area contributed by atoms with Crippen molar-refractivity contribution >= 4 is 40.6 Å². The molecule has 3 amide bonds. The Labute approximate surface area is 219 Å². The first kappa shape index (κ1) is 25.5. The second kappa shape index (κ2) is 9.60. The summed E-state index contributed by atoms with van der Waals surface area (Å²) in [6.07, 6.45) is -2.98. The van der Waals surface area contributed by atoms with E-state index in [1.807, 2.05) is 0 Å². The Balaban J connectivity index is 1.33. The molecule has 2 aromatic carbocycles. The maximum absolute atomic E-state index is 13.2. The molecule has 196 valence electrons. The summed E-state index contributed by atoms with van der Waals surface area (Å²) in [7, 11) is 0. The molecule has 0 saturated carbocycles. The van der Waals surface area contributed by atoms with Crippen molar-refractivity contribution < 1.29 is 37.0 Å². The van der Waals surface area contributed by atoms with Crippen LogP contribution in [0, 0.1) is 13.8 Å². The van der Waals surface area contributed by atoms with Gasteiger partial charge in [0.25, 0.3) is 11.1 Å². The number of benzene rings is 2. The molecular formula is C26H20F3N3O5S. The van der Waals surface area contributed by atoms with Gasteiger partial charge in [0.2, 0.25) is 12.7 Å². The van der Waals surface area contributed by atoms with Crippen molar-refractivity contribution in [1.82, 2.24) is 9.47 Å². The summed E-state index contributed by atoms with van der Waals surface area (Å²) in [5.41, 5.74) is 1.77. The van der Waals surface area contributed by atoms with E-state index in [0.29, 0.717) is 51.6 Å². The Bertz CT molecular complexity index is 1510. The Morgan fingerprint density at radius 3 is 2.61 bits per heavy atom. The highest BCUT2D eigenvalue weighted by atomic mass is 32.2. The highest BCUT2D eigenvalue weighted by Crippen LogP contribution is 2.36. The first-order valence-corrected chi connectivity index (χ1v) is 12.1. The summed E-state index contributed by atoms with van der Waals surface area (Å²) < 4.78 is 51.8. The molecule has 1 aromatic heterocycles. The number of thioether (sulfide) groups is 1. The SMILES string of the molecule is Cc1cc(/C=C2\SC(=O)N(CC(=O)Nc3ccc4c(c3)OCO4)C2=O)c(C)n1-c1cccc(C(F)(F)F)c1. The van der Waals surface area contributed by atoms with Crippen molar-refractivity contribution in [2.45, 2.75) is 20.0 Å². The number of aromatic nitrogens is 1. The number of aryl methyl sites for hydroxylation is 1. The molecule has 1 N–H and O–H groups in total. The largest absolute Gasteiger partial charge is 0.454 e. The third kappa shape index (κ3) is 4.86. The van der Waals surface area contributed by atoms with E-state index in [4.69, 9.17) is 9.47 Å². The average Bonchev–Trinajstić information content (AvgIpc) is 3.51. The normalized spacial score (nSPS) is 16.0. The zero-order chi connectivity index (χ0) is 27.2. The number of alkyl halides is 3. The number of ether oxygens (including phenoxy) is 2. The lowest BCUT2D eigenvalue weighted by Crippen LogP contribution is -2.36. The molecule has 0 radical (unpaired) electrons. The fourth-order valence-electron chi connectivity index (χ4n) is 4.25. The van der Waals surface area contributed by atoms with Crippen LogP contribution >= 0.6 is 11.8 Å². The summed E-state index contributed by atoms with van der Waals surface area (Å²) in [4.78, 5) is 39.0. The number of carbonyl (C=O) groups excluding carboxylic acids is 3. The molecule has 3 heterocycles. The molecule has 2 aliphatic heterocycles. The van der Waals surface area contributed by atoms with Crippen LogP contribution in [0.4, 0.5) is 23.7 Å². The molecule has 0 atom stereocenters. The number of imide groups is 1. The summed E-state index contributed by atoms with van der Waals surface area (Å²) in [6.45, 7) is 3.04. The van der Waals surface area contributed by atoms with Gasteiger partial charge in [-0.25, -0.2) is 0 Å². The molecule has 8 nitrogen and oxygen atoms in total. The van der Waals surface area contributed by atoms with Crippen LogP contribution in [0.2, 0.25) is 0 Å². The predicted molar refractivity (Wildman–Crippen MR) is 134 cm³/mol. The number of nitrogens with one attached hydrogen (secondary N) is 1. The topological polar surface area (TPSA) is 89.9 Å². The number of hydrogen-bond acceptors (Lipinski definition) is 6. The fourth-order valence-corrected chi connectivity index (χ4v) is 5.08. The van der Waals surface area contributed by atoms with Gasteiger partial charge in [0.05, 0.1) is 10.5 Å². The van der Waals surface area contributed by atoms with Gasteiger partial charge in [-0.1, -0.05) is 6.07 Å². The van der Waals surface area contributed by atoms with Crippen LogP contribution < -0.4 is 14.8 Å². The zero-order valence-corrected chi connectivity index (χ0v) is 20.9. The highest BCUT2D eigenvalue weighted by Gasteiger charge is 2.37. The molecule has 0 unspecified atom stereocenters. The lowest BCUT2D eigenvalue weighted by Gasteiger charge is -2.13. The zero-order valence-electron chi connectivity index (χ0n) is 20.1. The molecule has 1 saturated heterocycles. The van der Waals surface area contributed by atoms with Crippen molar-refractivity contribution in [3.05, 3.63) is 76.0 Å². The van der Waals surface area contributed by atoms with Gasteiger partial charge in [-0.3, -0.25) is 19.3 Å². The Morgan fingerprint density at radius 2 is 1.84 bits per heavy atom. The van der Waals surface area contributed by atoms with E-state index in [2.05, 4.69) is 5.32 Å². The number of nitrogens with zero attached hydrogens (tertiary/aromatic N) is 2. The molecule has 3 aromatic rings. The molecule has 0 aliphatic carbocycles. The smallest absolute Gasteiger partial charge is 0.416 e. The Hall–Kier alpha value is -4.19. The van der Waals surface area contributed by atoms with Gasteiger partial charge in [-0.2, -0.15) is 13.2 Å². The molecule has 1 fully saturated rings. The van der Waals surface area contributed by atoms with Crippen LogP contribution in [-0.4, -0.2) is 39.9 Å². The van der Waals surface area contributed by atoms with Gasteiger partial charge in [0.15, 0.2) is 11.5 Å². The molecule has 0 spiro atoms. The Morgan fingerprint density at radius 1 is 1.08 bits per heavy atom. The van der Waals surface area contributed by atoms with Gasteiger partial charge in [0.1, 0.15) is 6.54 Å². The number of fused-ring (bicyclic) bond motifs is 1. The minimum Gasteiger partial charge on any atom is -0.454 e. The van der Waals surface area contributed by atoms with Crippen LogP contribution in [-0.2, 0) is 15.8 Å². The first-order chi connectivity index (χ1) is 18.0. The maximum Gasteiger partial charge on any atom is 0.416 e. The summed E-state index contributed by atoms with van der Waals surface area (Å²) in [5, 5.41) is 2.02. The van der Waals surface area contributed by atoms with Gasteiger partial charge >= 0.3 is 6.18 Å². The monoisotopic (exact) mass is 543 g/mol. The molecule has 2 aliphatic rings. The average molecular weight is 544 g/mol. The summed E-state index contributed by atoms with van der Waals surface area (Å²) >= 11 is 0.691. The van der Waals surface area contributed by atoms with Crippen molar-refractivity contribution in [1.29, 1.82) is 0 Å². The van der Waals surface area contributed by atoms with Crippen LogP contribution in [0.25, 0.3) is 11.8 Å². The van der Waals surface area contributed by atoms with Crippen LogP contribution in [0.5, 0.6) is 11.5 Å². The van der Waals surface area contributed by atoms with E-state index in [-0.39, 0.29) is 11.7 Å². The van der Waals surface area contributed by atoms with Crippen molar-refractivity contribution in [2.75, 3.05) is 18.7 Å². The third-order valence-corrected chi connectivity index (χ3v) is 6.93. The lowest BCUT2D eigenvalue weighted by atomic mass is 10.2. The van der Waals surface area contributed by atoms with Crippen molar-refractivity contribution in [2.24, 2.45) is 0 Å². The number of halogens is 3. The van der Waals surface area contributed by atoms with E-state index >= 15 is 0 Å². The van der Waals surface area contributed by atoms with Crippen LogP contribution in [0.15, 0.2) is 53.4 Å². The molecule has 38 heavy (non-hydrogen) atoms. The van der Waals surface area contributed by atoms with Crippen molar-refractivity contribution in [3.63, 3.8) is 0 Å². The molecule has 12 heteroatoms. The highest BCUT2D eigenvalue weighted by molar-refractivity contribution is 8.18. The number of hydrogen-bond donors (Lipinski definition) is 1. The summed E-state index contributed by atoms with van der Waals surface area (Å²) in [6, 6.07) is 11.5. The number of anilines is 1. The fraction of sp³-hybridized carbons (Fsp3) is 0.192. The molecule has 5 rings (SSSR count). The van der Waals surface area contributed by atoms with Gasteiger partial charge in [0, 0.05) is 28.8 Å². The first-order valence-electron chi connectivity index (χ1n) is 11.3. The standard InChI is InChI=1S/C26H20F3N3O5S/c1-14-8-16(15(2)32(14)19-5-3-4-17(10-19)26(27,28)29)9-22-24(34)31(25(35)38-22)12-23(33)30-18-6-7-20-21(11-18)37-13-36-20/h3-11H,12-13H2,1-2H3,(H,30,33)/b22-9-. The van der Waals surface area contributed by atoms with Crippen molar-refractivity contribution in [3.8, 4) is 17.2 Å². The number of carbonyl (C=O) groups is 3. The quantitative estimate of drug-likeness (QED) is 0.427. The van der Waals surface area contributed by atoms with E-state index in [1.54, 1.807) is 48.7 Å². The molecule has 0 bridgehead atoms. The summed E-state index contributed by atoms with van der Waals surface area (Å²) in [5.74, 6) is -0.189. The van der Waals surface area contributed by atoms with Gasteiger partial charge in [-0.15, -0.1) is 0 Å². The maximum atomic E-state index is 13.2. The van der Waals surface area contributed by atoms with Gasteiger partial charge < -0.3 is 19.4 Å². The predicted octanol–water partition coefficient (Wildman–Crippen LogP) is 5.52. The van der Waals surface area contributed by atoms with Crippen LogP contribution in [0.3, 0.4) is 0 Å². The minimum atomic E-state index is -4.48. The van der Waals surface area contributed by atoms with E-state index in [0.717, 1.165) is 17.0 Å². The lowest BCUT2D eigenvalue weighted by molar-refractivity contribution is -0.137. The second-order valence-corrected chi connectivity index (χ2v) is 9.59. The number of amides is 3. The van der Waals surface area contributed by atoms with E-state index in [9.17, 15) is 27.6 Å². The van der Waals surface area contributed by atoms with E-state index < -0.39 is 35.3 Å². The van der Waals surface area contributed by atoms with Gasteiger partial charge in [-0.05, 0) is 73.6 Å².